The molecule has 0 nitrogen and oxygen atoms in total. The Morgan fingerprint density at radius 2 is 1.70 bits per heavy atom. The molecule has 105 valence electrons. The molecule has 2 heteroatoms. The van der Waals surface area contributed by atoms with E-state index in [0.717, 1.165) is 0 Å². The summed E-state index contributed by atoms with van der Waals surface area (Å²) in [6.45, 7) is 11.9. The third-order valence-corrected chi connectivity index (χ3v) is 11.2. The molecule has 2 bridgehead atoms. The van der Waals surface area contributed by atoms with Crippen molar-refractivity contribution in [2.75, 3.05) is 0 Å². The van der Waals surface area contributed by atoms with Gasteiger partial charge in [0, 0.05) is 0 Å². The van der Waals surface area contributed by atoms with Gasteiger partial charge >= 0.3 is 142 Å². The monoisotopic (exact) mass is 359 g/mol. The van der Waals surface area contributed by atoms with Crippen molar-refractivity contribution in [2.45, 2.75) is 58.9 Å². The van der Waals surface area contributed by atoms with Crippen LogP contribution in [0.25, 0.3) is 0 Å². The van der Waals surface area contributed by atoms with Crippen molar-refractivity contribution in [3.8, 4) is 0 Å². The van der Waals surface area contributed by atoms with Gasteiger partial charge in [0.1, 0.15) is 0 Å². The third kappa shape index (κ3) is 1.67. The van der Waals surface area contributed by atoms with Crippen molar-refractivity contribution < 1.29 is 24.7 Å². The first-order valence-electron chi connectivity index (χ1n) is 7.86. The van der Waals surface area contributed by atoms with Crippen LogP contribution in [0.5, 0.6) is 0 Å². The molecular formula is C18H25SiZr. The number of hydrogen-bond acceptors (Lipinski definition) is 0. The molecule has 0 fully saturated rings. The summed E-state index contributed by atoms with van der Waals surface area (Å²) in [6, 6.07) is 0. The summed E-state index contributed by atoms with van der Waals surface area (Å²) in [6.07, 6.45) is 4.07. The second kappa shape index (κ2) is 4.78. The molecule has 0 aliphatic heterocycles. The average molecular weight is 361 g/mol. The second-order valence-electron chi connectivity index (χ2n) is 7.00. The predicted molar refractivity (Wildman–Crippen MR) is 86.4 cm³/mol. The number of rotatable bonds is 1. The molecule has 3 aliphatic carbocycles. The fraction of sp³-hybridized carbons (Fsp3) is 0.556. The van der Waals surface area contributed by atoms with Crippen LogP contribution >= 0.6 is 0 Å². The Kier molecular flexibility index (Phi) is 3.58. The summed E-state index contributed by atoms with van der Waals surface area (Å²) >= 11 is 1.66. The van der Waals surface area contributed by atoms with Crippen molar-refractivity contribution in [1.82, 2.24) is 0 Å². The minimum absolute atomic E-state index is 0.386. The second-order valence-corrected chi connectivity index (χ2v) is 9.73. The zero-order valence-corrected chi connectivity index (χ0v) is 18.2. The van der Waals surface area contributed by atoms with Gasteiger partial charge in [-0.15, -0.1) is 0 Å². The van der Waals surface area contributed by atoms with Crippen LogP contribution in [0.15, 0.2) is 42.3 Å². The fourth-order valence-corrected chi connectivity index (χ4v) is 8.06. The molecule has 0 aromatic heterocycles. The van der Waals surface area contributed by atoms with Crippen LogP contribution in [0.1, 0.15) is 53.9 Å². The molecule has 0 saturated heterocycles. The molecule has 20 heavy (non-hydrogen) atoms. The minimum atomic E-state index is 0.386. The molecule has 3 aliphatic rings. The van der Waals surface area contributed by atoms with E-state index in [1.54, 1.807) is 67.0 Å². The van der Waals surface area contributed by atoms with E-state index < -0.39 is 0 Å². The first-order chi connectivity index (χ1) is 9.31. The molecule has 0 spiro atoms. The predicted octanol–water partition coefficient (Wildman–Crippen LogP) is 4.13. The van der Waals surface area contributed by atoms with Crippen LogP contribution in [0, 0.1) is 5.92 Å². The topological polar surface area (TPSA) is 0 Å². The molecule has 0 aromatic carbocycles. The van der Waals surface area contributed by atoms with Crippen LogP contribution in [0.4, 0.5) is 0 Å². The van der Waals surface area contributed by atoms with Gasteiger partial charge in [0.05, 0.1) is 0 Å². The van der Waals surface area contributed by atoms with Crippen molar-refractivity contribution >= 4 is 10.2 Å². The SMILES string of the molecule is CC1=C(C)C(C)C(C2([SiH3])[C]([Zr])=C3CCCC2=C3C)=C1C. The maximum absolute atomic E-state index is 2.44. The number of fused-ring (bicyclic) bond motifs is 1. The van der Waals surface area contributed by atoms with E-state index >= 15 is 0 Å². The maximum atomic E-state index is 2.44. The zero-order chi connectivity index (χ0) is 14.8. The van der Waals surface area contributed by atoms with Gasteiger partial charge in [0.25, 0.3) is 0 Å². The molecule has 0 radical (unpaired) electrons. The summed E-state index contributed by atoms with van der Waals surface area (Å²) in [5.41, 5.74) is 11.8. The number of hydrogen-bond donors (Lipinski definition) is 0. The Bertz CT molecular complexity index is 630. The van der Waals surface area contributed by atoms with E-state index in [1.165, 1.54) is 29.5 Å². The van der Waals surface area contributed by atoms with E-state index in [2.05, 4.69) is 34.6 Å². The van der Waals surface area contributed by atoms with Crippen molar-refractivity contribution in [3.05, 3.63) is 42.3 Å². The van der Waals surface area contributed by atoms with Gasteiger partial charge in [0.15, 0.2) is 0 Å². The first-order valence-corrected chi connectivity index (χ1v) is 10.1. The molecule has 0 amide bonds. The van der Waals surface area contributed by atoms with Gasteiger partial charge in [-0.2, -0.15) is 0 Å². The standard InChI is InChI=1S/C18H25Si.Zr/c1-10-11(2)13(4)17(12(10)3)18(19)9-15-7-6-8-16(18)14(15)5;/h12H,6-8H2,1-5,19H3;. The molecule has 0 heterocycles. The molecular weight excluding hydrogens is 336 g/mol. The van der Waals surface area contributed by atoms with Crippen LogP contribution in [-0.4, -0.2) is 10.2 Å². The zero-order valence-electron chi connectivity index (χ0n) is 13.7. The summed E-state index contributed by atoms with van der Waals surface area (Å²) < 4.78 is 1.80. The van der Waals surface area contributed by atoms with Crippen LogP contribution in [0.3, 0.4) is 0 Å². The van der Waals surface area contributed by atoms with Gasteiger partial charge in [-0.25, -0.2) is 0 Å². The van der Waals surface area contributed by atoms with Gasteiger partial charge < -0.3 is 0 Å². The normalized spacial score (nSPS) is 34.1. The molecule has 2 atom stereocenters. The first kappa shape index (κ1) is 15.0. The fourth-order valence-electron chi connectivity index (χ4n) is 4.86. The molecule has 0 saturated carbocycles. The Morgan fingerprint density at radius 3 is 2.20 bits per heavy atom. The summed E-state index contributed by atoms with van der Waals surface area (Å²) in [7, 11) is 1.25. The van der Waals surface area contributed by atoms with Gasteiger partial charge in [-0.3, -0.25) is 0 Å². The molecule has 0 N–H and O–H groups in total. The molecule has 0 aromatic rings. The van der Waals surface area contributed by atoms with Crippen molar-refractivity contribution in [1.29, 1.82) is 0 Å². The van der Waals surface area contributed by atoms with Crippen molar-refractivity contribution in [3.63, 3.8) is 0 Å². The third-order valence-electron chi connectivity index (χ3n) is 6.34. The molecule has 2 unspecified atom stereocenters. The Hall–Kier alpha value is 0.0600. The van der Waals surface area contributed by atoms with Crippen LogP contribution < -0.4 is 0 Å². The Labute approximate surface area is 141 Å². The average Bonchev–Trinajstić information content (AvgIpc) is 2.66. The van der Waals surface area contributed by atoms with Crippen LogP contribution in [0.2, 0.25) is 5.04 Å². The van der Waals surface area contributed by atoms with E-state index in [4.69, 9.17) is 0 Å². The Balaban J connectivity index is 2.22. The number of allylic oxidation sites excluding steroid dienone is 8. The summed E-state index contributed by atoms with van der Waals surface area (Å²) in [4.78, 5) is 0. The van der Waals surface area contributed by atoms with Crippen molar-refractivity contribution in [2.24, 2.45) is 5.92 Å². The molecule has 3 rings (SSSR count). The summed E-state index contributed by atoms with van der Waals surface area (Å²) in [5.74, 6) is 0.656. The van der Waals surface area contributed by atoms with E-state index in [0.29, 0.717) is 11.0 Å². The quantitative estimate of drug-likeness (QED) is 0.617. The van der Waals surface area contributed by atoms with Gasteiger partial charge in [-0.1, -0.05) is 0 Å². The van der Waals surface area contributed by atoms with Gasteiger partial charge in [-0.05, 0) is 0 Å². The van der Waals surface area contributed by atoms with E-state index in [-0.39, 0.29) is 0 Å². The van der Waals surface area contributed by atoms with Crippen LogP contribution in [-0.2, 0) is 24.7 Å². The summed E-state index contributed by atoms with van der Waals surface area (Å²) in [5, 5.41) is 0.386. The van der Waals surface area contributed by atoms with Gasteiger partial charge in [0.2, 0.25) is 0 Å². The van der Waals surface area contributed by atoms with E-state index in [1.807, 2.05) is 0 Å². The van der Waals surface area contributed by atoms with E-state index in [9.17, 15) is 0 Å². The Morgan fingerprint density at radius 1 is 1.05 bits per heavy atom.